The number of hydrogen-bond donors (Lipinski definition) is 1. The molecule has 1 rings (SSSR count). The van der Waals surface area contributed by atoms with E-state index in [1.165, 1.54) is 19.3 Å². The van der Waals surface area contributed by atoms with Crippen LogP contribution in [-0.4, -0.2) is 11.5 Å². The number of aromatic nitrogens is 1. The third-order valence-corrected chi connectivity index (χ3v) is 2.76. The molecule has 0 radical (unpaired) electrons. The fourth-order valence-corrected chi connectivity index (χ4v) is 1.72. The quantitative estimate of drug-likeness (QED) is 0.557. The van der Waals surface area contributed by atoms with Gasteiger partial charge in [-0.1, -0.05) is 39.0 Å². The van der Waals surface area contributed by atoms with E-state index in [2.05, 4.69) is 17.2 Å². The van der Waals surface area contributed by atoms with Gasteiger partial charge < -0.3 is 5.32 Å². The number of rotatable bonds is 8. The molecule has 1 N–H and O–H groups in total. The van der Waals surface area contributed by atoms with Gasteiger partial charge in [0.15, 0.2) is 5.82 Å². The Morgan fingerprint density at radius 2 is 1.72 bits per heavy atom. The van der Waals surface area contributed by atoms with Gasteiger partial charge in [0.05, 0.1) is 6.20 Å². The summed E-state index contributed by atoms with van der Waals surface area (Å²) in [5, 5.41) is 2.58. The molecule has 0 saturated heterocycles. The summed E-state index contributed by atoms with van der Waals surface area (Å²) in [6.07, 6.45) is 7.20. The maximum Gasteiger partial charge on any atom is 0.251 e. The number of unbranched alkanes of at least 4 members (excludes halogenated alkanes) is 5. The zero-order chi connectivity index (χ0) is 13.4. The van der Waals surface area contributed by atoms with Crippen molar-refractivity contribution in [2.75, 3.05) is 11.9 Å². The molecule has 1 aromatic heterocycles. The molecule has 0 amide bonds. The minimum absolute atomic E-state index is 0.420. The standard InChI is InChI=1S/C13H19F3N2/c1-2-3-4-5-6-7-8-17-12-10(14)9-18-13(16)11(12)15/h9H,2-8H2,1H3,(H,17,18). The highest BCUT2D eigenvalue weighted by molar-refractivity contribution is 5.44. The van der Waals surface area contributed by atoms with E-state index in [0.717, 1.165) is 19.3 Å². The van der Waals surface area contributed by atoms with Gasteiger partial charge in [-0.15, -0.1) is 0 Å². The first-order chi connectivity index (χ1) is 8.66. The lowest BCUT2D eigenvalue weighted by Crippen LogP contribution is -2.08. The molecular weight excluding hydrogens is 241 g/mol. The monoisotopic (exact) mass is 260 g/mol. The summed E-state index contributed by atoms with van der Waals surface area (Å²) in [5.74, 6) is -3.39. The molecule has 5 heteroatoms. The van der Waals surface area contributed by atoms with E-state index in [-0.39, 0.29) is 0 Å². The highest BCUT2D eigenvalue weighted by Gasteiger charge is 2.14. The topological polar surface area (TPSA) is 24.9 Å². The normalized spacial score (nSPS) is 10.7. The van der Waals surface area contributed by atoms with E-state index < -0.39 is 23.3 Å². The Labute approximate surface area is 106 Å². The van der Waals surface area contributed by atoms with Crippen molar-refractivity contribution < 1.29 is 13.2 Å². The molecule has 0 fully saturated rings. The van der Waals surface area contributed by atoms with Gasteiger partial charge in [-0.05, 0) is 6.42 Å². The van der Waals surface area contributed by atoms with Crippen LogP contribution >= 0.6 is 0 Å². The second kappa shape index (κ2) is 7.95. The van der Waals surface area contributed by atoms with Gasteiger partial charge in [0, 0.05) is 6.54 Å². The first kappa shape index (κ1) is 14.8. The number of halogens is 3. The lowest BCUT2D eigenvalue weighted by Gasteiger charge is -2.08. The van der Waals surface area contributed by atoms with Crippen molar-refractivity contribution in [3.63, 3.8) is 0 Å². The van der Waals surface area contributed by atoms with Gasteiger partial charge in [-0.2, -0.15) is 8.78 Å². The van der Waals surface area contributed by atoms with Crippen molar-refractivity contribution in [2.45, 2.75) is 45.4 Å². The van der Waals surface area contributed by atoms with Crippen LogP contribution in [0.4, 0.5) is 18.9 Å². The summed E-state index contributed by atoms with van der Waals surface area (Å²) < 4.78 is 39.2. The van der Waals surface area contributed by atoms with Crippen LogP contribution in [0.25, 0.3) is 0 Å². The van der Waals surface area contributed by atoms with E-state index in [9.17, 15) is 13.2 Å². The Bertz CT molecular complexity index is 369. The molecule has 0 aromatic carbocycles. The van der Waals surface area contributed by atoms with Gasteiger partial charge in [-0.25, -0.2) is 9.37 Å². The van der Waals surface area contributed by atoms with Crippen LogP contribution in [-0.2, 0) is 0 Å². The van der Waals surface area contributed by atoms with Crippen LogP contribution in [0, 0.1) is 17.6 Å². The third kappa shape index (κ3) is 4.55. The average molecular weight is 260 g/mol. The van der Waals surface area contributed by atoms with Crippen LogP contribution in [0.3, 0.4) is 0 Å². The molecule has 0 bridgehead atoms. The molecule has 18 heavy (non-hydrogen) atoms. The molecule has 0 unspecified atom stereocenters. The first-order valence-corrected chi connectivity index (χ1v) is 6.40. The number of hydrogen-bond acceptors (Lipinski definition) is 2. The van der Waals surface area contributed by atoms with Crippen LogP contribution in [0.15, 0.2) is 6.20 Å². The Balaban J connectivity index is 2.29. The molecular formula is C13H19F3N2. The van der Waals surface area contributed by atoms with Crippen molar-refractivity contribution in [1.29, 1.82) is 0 Å². The van der Waals surface area contributed by atoms with Gasteiger partial charge in [-0.3, -0.25) is 0 Å². The summed E-state index contributed by atoms with van der Waals surface area (Å²) in [4.78, 5) is 2.96. The summed E-state index contributed by atoms with van der Waals surface area (Å²) in [6, 6.07) is 0. The molecule has 1 heterocycles. The molecule has 0 aliphatic rings. The van der Waals surface area contributed by atoms with Crippen LogP contribution in [0.5, 0.6) is 0 Å². The van der Waals surface area contributed by atoms with Crippen molar-refractivity contribution in [3.8, 4) is 0 Å². The summed E-state index contributed by atoms with van der Waals surface area (Å²) >= 11 is 0. The zero-order valence-electron chi connectivity index (χ0n) is 10.6. The van der Waals surface area contributed by atoms with Crippen LogP contribution < -0.4 is 5.32 Å². The lowest BCUT2D eigenvalue weighted by molar-refractivity contribution is 0.467. The van der Waals surface area contributed by atoms with E-state index in [4.69, 9.17) is 0 Å². The maximum absolute atomic E-state index is 13.2. The molecule has 0 aliphatic carbocycles. The average Bonchev–Trinajstić information content (AvgIpc) is 2.36. The molecule has 2 nitrogen and oxygen atoms in total. The SMILES string of the molecule is CCCCCCCCNc1c(F)cnc(F)c1F. The fraction of sp³-hybridized carbons (Fsp3) is 0.615. The second-order valence-electron chi connectivity index (χ2n) is 4.28. The van der Waals surface area contributed by atoms with Crippen molar-refractivity contribution >= 4 is 5.69 Å². The lowest BCUT2D eigenvalue weighted by atomic mass is 10.1. The Morgan fingerprint density at radius 1 is 1.06 bits per heavy atom. The van der Waals surface area contributed by atoms with Gasteiger partial charge >= 0.3 is 0 Å². The molecule has 0 spiro atoms. The zero-order valence-corrected chi connectivity index (χ0v) is 10.6. The Hall–Kier alpha value is -1.26. The largest absolute Gasteiger partial charge is 0.380 e. The van der Waals surface area contributed by atoms with Gasteiger partial charge in [0.2, 0.25) is 5.82 Å². The van der Waals surface area contributed by atoms with Crippen molar-refractivity contribution in [2.24, 2.45) is 0 Å². The molecule has 0 saturated carbocycles. The number of pyridine rings is 1. The summed E-state index contributed by atoms with van der Waals surface area (Å²) in [5.41, 5.74) is -0.420. The smallest absolute Gasteiger partial charge is 0.251 e. The number of anilines is 1. The molecule has 0 atom stereocenters. The molecule has 1 aromatic rings. The first-order valence-electron chi connectivity index (χ1n) is 6.40. The predicted octanol–water partition coefficient (Wildman–Crippen LogP) is 4.27. The van der Waals surface area contributed by atoms with E-state index in [1.807, 2.05) is 0 Å². The Kier molecular flexibility index (Phi) is 6.54. The summed E-state index contributed by atoms with van der Waals surface area (Å²) in [6.45, 7) is 2.58. The van der Waals surface area contributed by atoms with Gasteiger partial charge in [0.25, 0.3) is 5.95 Å². The highest BCUT2D eigenvalue weighted by atomic mass is 19.2. The van der Waals surface area contributed by atoms with Crippen LogP contribution in [0.1, 0.15) is 45.4 Å². The van der Waals surface area contributed by atoms with Crippen LogP contribution in [0.2, 0.25) is 0 Å². The minimum Gasteiger partial charge on any atom is -0.380 e. The second-order valence-corrected chi connectivity index (χ2v) is 4.28. The number of nitrogens with zero attached hydrogens (tertiary/aromatic N) is 1. The number of nitrogens with one attached hydrogen (secondary N) is 1. The predicted molar refractivity (Wildman–Crippen MR) is 66.0 cm³/mol. The highest BCUT2D eigenvalue weighted by Crippen LogP contribution is 2.19. The third-order valence-electron chi connectivity index (χ3n) is 2.76. The molecule has 102 valence electrons. The van der Waals surface area contributed by atoms with E-state index in [0.29, 0.717) is 12.7 Å². The Morgan fingerprint density at radius 3 is 2.44 bits per heavy atom. The summed E-state index contributed by atoms with van der Waals surface area (Å²) in [7, 11) is 0. The fourth-order valence-electron chi connectivity index (χ4n) is 1.72. The van der Waals surface area contributed by atoms with E-state index in [1.54, 1.807) is 0 Å². The maximum atomic E-state index is 13.2. The van der Waals surface area contributed by atoms with E-state index >= 15 is 0 Å². The van der Waals surface area contributed by atoms with Crippen molar-refractivity contribution in [1.82, 2.24) is 4.98 Å². The van der Waals surface area contributed by atoms with Gasteiger partial charge in [0.1, 0.15) is 5.69 Å². The van der Waals surface area contributed by atoms with Crippen molar-refractivity contribution in [3.05, 3.63) is 23.8 Å². The minimum atomic E-state index is -1.28. The molecule has 0 aliphatic heterocycles.